The van der Waals surface area contributed by atoms with Gasteiger partial charge in [-0.2, -0.15) is 11.8 Å². The van der Waals surface area contributed by atoms with Gasteiger partial charge in [-0.3, -0.25) is 9.69 Å². The third-order valence-corrected chi connectivity index (χ3v) is 6.55. The van der Waals surface area contributed by atoms with Gasteiger partial charge in [-0.15, -0.1) is 0 Å². The van der Waals surface area contributed by atoms with Crippen LogP contribution < -0.4 is 0 Å². The predicted molar refractivity (Wildman–Crippen MR) is 121 cm³/mol. The quantitative estimate of drug-likeness (QED) is 0.420. The van der Waals surface area contributed by atoms with E-state index >= 15 is 0 Å². The summed E-state index contributed by atoms with van der Waals surface area (Å²) in [7, 11) is 0. The first-order valence-corrected chi connectivity index (χ1v) is 11.7. The van der Waals surface area contributed by atoms with Crippen molar-refractivity contribution in [2.24, 2.45) is 0 Å². The van der Waals surface area contributed by atoms with Crippen molar-refractivity contribution < 1.29 is 19.1 Å². The summed E-state index contributed by atoms with van der Waals surface area (Å²) in [6.45, 7) is 0. The first-order chi connectivity index (χ1) is 13.4. The van der Waals surface area contributed by atoms with E-state index in [2.05, 4.69) is 15.9 Å². The number of thioether (sulfide) groups is 2. The van der Waals surface area contributed by atoms with Gasteiger partial charge in [-0.25, -0.2) is 4.79 Å². The Labute approximate surface area is 184 Å². The largest absolute Gasteiger partial charge is 0.480 e. The average Bonchev–Trinajstić information content (AvgIpc) is 3.22. The molecular weight excluding hydrogens is 482 g/mol. The topological polar surface area (TPSA) is 70.8 Å². The van der Waals surface area contributed by atoms with Crippen LogP contribution in [0, 0.1) is 0 Å². The number of carboxylic acid groups (broad SMARTS) is 1. The number of hydrogen-bond acceptors (Lipinski definition) is 6. The molecule has 0 aliphatic carbocycles. The van der Waals surface area contributed by atoms with Crippen molar-refractivity contribution in [2.45, 2.75) is 12.5 Å². The first kappa shape index (κ1) is 21.2. The number of carbonyl (C=O) groups is 2. The molecule has 146 valence electrons. The molecule has 9 heteroatoms. The Morgan fingerprint density at radius 2 is 2.07 bits per heavy atom. The maximum Gasteiger partial charge on any atom is 0.326 e. The molecule has 0 saturated carbocycles. The maximum absolute atomic E-state index is 12.8. The molecule has 1 saturated heterocycles. The number of carboxylic acids is 1. The number of furan rings is 1. The number of halogens is 1. The molecule has 1 atom stereocenters. The molecule has 1 aliphatic heterocycles. The highest BCUT2D eigenvalue weighted by molar-refractivity contribution is 9.10. The minimum atomic E-state index is -1.05. The average molecular weight is 498 g/mol. The molecule has 3 rings (SSSR count). The van der Waals surface area contributed by atoms with Gasteiger partial charge in [0.25, 0.3) is 5.91 Å². The second-order valence-electron chi connectivity index (χ2n) is 5.90. The highest BCUT2D eigenvalue weighted by Gasteiger charge is 2.40. The fraction of sp³-hybridized carbons (Fsp3) is 0.211. The molecule has 1 N–H and O–H groups in total. The van der Waals surface area contributed by atoms with E-state index in [4.69, 9.17) is 16.6 Å². The van der Waals surface area contributed by atoms with Crippen molar-refractivity contribution in [1.29, 1.82) is 0 Å². The van der Waals surface area contributed by atoms with Gasteiger partial charge in [0.1, 0.15) is 21.9 Å². The summed E-state index contributed by atoms with van der Waals surface area (Å²) in [6, 6.07) is 10.3. The molecule has 2 aromatic rings. The number of amides is 1. The van der Waals surface area contributed by atoms with Crippen LogP contribution in [0.3, 0.4) is 0 Å². The third-order valence-electron chi connectivity index (χ3n) is 4.04. The summed E-state index contributed by atoms with van der Waals surface area (Å²) in [4.78, 5) is 26.0. The van der Waals surface area contributed by atoms with Crippen LogP contribution in [0.1, 0.15) is 12.2 Å². The zero-order chi connectivity index (χ0) is 20.3. The minimum Gasteiger partial charge on any atom is -0.480 e. The van der Waals surface area contributed by atoms with Crippen LogP contribution in [0.15, 0.2) is 50.2 Å². The molecule has 1 aromatic heterocycles. The van der Waals surface area contributed by atoms with Crippen molar-refractivity contribution in [2.75, 3.05) is 12.0 Å². The molecule has 1 aliphatic rings. The van der Waals surface area contributed by atoms with Crippen LogP contribution in [-0.2, 0) is 9.59 Å². The first-order valence-electron chi connectivity index (χ1n) is 8.25. The fourth-order valence-corrected chi connectivity index (χ4v) is 4.73. The number of benzene rings is 1. The Morgan fingerprint density at radius 1 is 1.36 bits per heavy atom. The summed E-state index contributed by atoms with van der Waals surface area (Å²) in [5.41, 5.74) is 0.915. The van der Waals surface area contributed by atoms with E-state index in [1.165, 1.54) is 16.7 Å². The normalized spacial score (nSPS) is 16.8. The van der Waals surface area contributed by atoms with Crippen LogP contribution in [0.5, 0.6) is 0 Å². The summed E-state index contributed by atoms with van der Waals surface area (Å²) in [5.74, 6) is 0.362. The van der Waals surface area contributed by atoms with E-state index in [-0.39, 0.29) is 4.32 Å². The summed E-state index contributed by atoms with van der Waals surface area (Å²) in [6.07, 6.45) is 3.84. The molecule has 0 radical (unpaired) electrons. The Hall–Kier alpha value is -1.55. The number of hydrogen-bond donors (Lipinski definition) is 1. The van der Waals surface area contributed by atoms with Gasteiger partial charge in [0.2, 0.25) is 0 Å². The Bertz CT molecular complexity index is 939. The molecular formula is C19H16BrNO4S3. The van der Waals surface area contributed by atoms with E-state index < -0.39 is 17.9 Å². The minimum absolute atomic E-state index is 0.254. The van der Waals surface area contributed by atoms with Gasteiger partial charge in [0.05, 0.1) is 4.91 Å². The molecule has 2 heterocycles. The summed E-state index contributed by atoms with van der Waals surface area (Å²) >= 11 is 11.3. The lowest BCUT2D eigenvalue weighted by Gasteiger charge is -2.22. The van der Waals surface area contributed by atoms with Crippen molar-refractivity contribution in [3.8, 4) is 11.3 Å². The molecule has 0 unspecified atom stereocenters. The Kier molecular flexibility index (Phi) is 7.03. The number of nitrogens with zero attached hydrogens (tertiary/aromatic N) is 1. The van der Waals surface area contributed by atoms with Crippen molar-refractivity contribution in [3.63, 3.8) is 0 Å². The molecule has 0 spiro atoms. The van der Waals surface area contributed by atoms with Crippen LogP contribution in [-0.4, -0.2) is 44.3 Å². The molecule has 0 bridgehead atoms. The lowest BCUT2D eigenvalue weighted by molar-refractivity contribution is -0.145. The second-order valence-corrected chi connectivity index (χ2v) is 9.47. The molecule has 1 amide bonds. The highest BCUT2D eigenvalue weighted by Crippen LogP contribution is 2.35. The van der Waals surface area contributed by atoms with Crippen molar-refractivity contribution >= 4 is 73.9 Å². The highest BCUT2D eigenvalue weighted by atomic mass is 79.9. The third kappa shape index (κ3) is 4.71. The fourth-order valence-electron chi connectivity index (χ4n) is 2.67. The van der Waals surface area contributed by atoms with Crippen molar-refractivity contribution in [3.05, 3.63) is 51.5 Å². The van der Waals surface area contributed by atoms with E-state index in [0.717, 1.165) is 21.8 Å². The van der Waals surface area contributed by atoms with E-state index in [1.54, 1.807) is 12.1 Å². The zero-order valence-corrected chi connectivity index (χ0v) is 18.8. The standard InChI is InChI=1S/C19H16BrNO4S3/c1-27-9-8-14(18(23)24)21-17(22)16(28-19(21)26)10-13-6-7-15(25-13)11-2-4-12(20)5-3-11/h2-7,10,14H,8-9H2,1H3,(H,23,24)/b16-10+/t14-/m0/s1. The molecule has 28 heavy (non-hydrogen) atoms. The molecule has 1 fully saturated rings. The number of carbonyl (C=O) groups excluding carboxylic acids is 1. The van der Waals surface area contributed by atoms with Gasteiger partial charge in [0, 0.05) is 16.1 Å². The predicted octanol–water partition coefficient (Wildman–Crippen LogP) is 5.12. The number of aliphatic carboxylic acids is 1. The van der Waals surface area contributed by atoms with Crippen LogP contribution in [0.25, 0.3) is 17.4 Å². The summed E-state index contributed by atoms with van der Waals surface area (Å²) < 4.78 is 7.05. The lowest BCUT2D eigenvalue weighted by Crippen LogP contribution is -2.44. The Balaban J connectivity index is 1.82. The Morgan fingerprint density at radius 3 is 2.71 bits per heavy atom. The maximum atomic E-state index is 12.8. The number of thiocarbonyl (C=S) groups is 1. The number of rotatable bonds is 7. The smallest absolute Gasteiger partial charge is 0.326 e. The van der Waals surface area contributed by atoms with Crippen LogP contribution >= 0.6 is 51.7 Å². The van der Waals surface area contributed by atoms with E-state index in [9.17, 15) is 14.7 Å². The molecule has 1 aromatic carbocycles. The van der Waals surface area contributed by atoms with Gasteiger partial charge >= 0.3 is 5.97 Å². The van der Waals surface area contributed by atoms with E-state index in [0.29, 0.717) is 28.6 Å². The SMILES string of the molecule is CSCC[C@@H](C(=O)O)N1C(=O)/C(=C\c2ccc(-c3ccc(Br)cc3)o2)SC1=S. The summed E-state index contributed by atoms with van der Waals surface area (Å²) in [5, 5.41) is 9.51. The van der Waals surface area contributed by atoms with Crippen LogP contribution in [0.4, 0.5) is 0 Å². The molecule has 5 nitrogen and oxygen atoms in total. The monoisotopic (exact) mass is 497 g/mol. The van der Waals surface area contributed by atoms with Gasteiger partial charge in [-0.1, -0.05) is 52.0 Å². The van der Waals surface area contributed by atoms with Gasteiger partial charge in [0.15, 0.2) is 0 Å². The van der Waals surface area contributed by atoms with E-state index in [1.807, 2.05) is 36.6 Å². The zero-order valence-electron chi connectivity index (χ0n) is 14.8. The van der Waals surface area contributed by atoms with Crippen molar-refractivity contribution in [1.82, 2.24) is 4.90 Å². The van der Waals surface area contributed by atoms with Gasteiger partial charge in [-0.05, 0) is 42.7 Å². The second kappa shape index (κ2) is 9.30. The lowest BCUT2D eigenvalue weighted by atomic mass is 10.2. The van der Waals surface area contributed by atoms with Crippen LogP contribution in [0.2, 0.25) is 0 Å². The van der Waals surface area contributed by atoms with Gasteiger partial charge < -0.3 is 9.52 Å².